The quantitative estimate of drug-likeness (QED) is 0.409. The molecule has 0 unspecified atom stereocenters. The third-order valence-electron chi connectivity index (χ3n) is 6.98. The molecule has 36 heavy (non-hydrogen) atoms. The second-order valence-electron chi connectivity index (χ2n) is 9.14. The maximum absolute atomic E-state index is 13.9. The van der Waals surface area contributed by atoms with Crippen molar-refractivity contribution in [2.24, 2.45) is 17.6 Å². The summed E-state index contributed by atoms with van der Waals surface area (Å²) in [6, 6.07) is 8.42. The van der Waals surface area contributed by atoms with Crippen LogP contribution in [0.1, 0.15) is 34.8 Å². The molecule has 0 aromatic heterocycles. The Labute approximate surface area is 211 Å². The van der Waals surface area contributed by atoms with Crippen LogP contribution in [-0.2, 0) is 29.5 Å². The van der Waals surface area contributed by atoms with Crippen molar-refractivity contribution in [3.8, 4) is 0 Å². The number of anilines is 2. The third-order valence-corrected chi connectivity index (χ3v) is 7.28. The minimum atomic E-state index is -1.61. The fourth-order valence-electron chi connectivity index (χ4n) is 5.60. The number of carbonyl (C=O) groups excluding carboxylic acids is 5. The van der Waals surface area contributed by atoms with Crippen molar-refractivity contribution in [1.29, 1.82) is 0 Å². The molecule has 186 valence electrons. The van der Waals surface area contributed by atoms with E-state index in [0.717, 1.165) is 10.5 Å². The van der Waals surface area contributed by atoms with Crippen LogP contribution in [0.15, 0.2) is 36.4 Å². The van der Waals surface area contributed by atoms with E-state index in [1.807, 2.05) is 0 Å². The highest BCUT2D eigenvalue weighted by Crippen LogP contribution is 2.55. The highest BCUT2D eigenvalue weighted by atomic mass is 35.5. The summed E-state index contributed by atoms with van der Waals surface area (Å²) < 4.78 is 4.98. The van der Waals surface area contributed by atoms with Gasteiger partial charge in [-0.15, -0.1) is 0 Å². The number of amides is 4. The summed E-state index contributed by atoms with van der Waals surface area (Å²) >= 11 is 6.40. The van der Waals surface area contributed by atoms with Gasteiger partial charge in [-0.25, -0.2) is 9.69 Å². The molecule has 11 heteroatoms. The Kier molecular flexibility index (Phi) is 5.60. The predicted molar refractivity (Wildman–Crippen MR) is 129 cm³/mol. The minimum Gasteiger partial charge on any atom is -0.462 e. The lowest BCUT2D eigenvalue weighted by Crippen LogP contribution is -2.53. The average Bonchev–Trinajstić information content (AvgIpc) is 3.39. The Hall–Kier alpha value is -3.76. The number of nitrogens with two attached hydrogens (primary N) is 1. The number of fused-ring (bicyclic) bond motifs is 4. The van der Waals surface area contributed by atoms with Crippen LogP contribution in [0.3, 0.4) is 0 Å². The monoisotopic (exact) mass is 510 g/mol. The number of primary amides is 1. The molecule has 0 aliphatic carbocycles. The van der Waals surface area contributed by atoms with Gasteiger partial charge in [-0.1, -0.05) is 17.7 Å². The van der Waals surface area contributed by atoms with Gasteiger partial charge in [0.15, 0.2) is 0 Å². The summed E-state index contributed by atoms with van der Waals surface area (Å²) in [5, 5.41) is 6.18. The Morgan fingerprint density at radius 2 is 1.83 bits per heavy atom. The number of benzene rings is 2. The fraction of sp³-hybridized carbons (Fsp3) is 0.320. The van der Waals surface area contributed by atoms with Crippen LogP contribution in [0, 0.1) is 18.8 Å². The molecule has 2 aromatic carbocycles. The topological polar surface area (TPSA) is 148 Å². The van der Waals surface area contributed by atoms with E-state index in [1.165, 1.54) is 24.3 Å². The van der Waals surface area contributed by atoms with Crippen LogP contribution in [-0.4, -0.2) is 42.2 Å². The maximum Gasteiger partial charge on any atom is 0.338 e. The first-order chi connectivity index (χ1) is 17.1. The molecule has 3 aliphatic rings. The van der Waals surface area contributed by atoms with Crippen LogP contribution in [0.5, 0.6) is 0 Å². The molecule has 0 bridgehead atoms. The third kappa shape index (κ3) is 3.32. The van der Waals surface area contributed by atoms with Gasteiger partial charge in [-0.2, -0.15) is 0 Å². The van der Waals surface area contributed by atoms with Crippen molar-refractivity contribution in [1.82, 2.24) is 5.32 Å². The number of aryl methyl sites for hydroxylation is 1. The fourth-order valence-corrected chi connectivity index (χ4v) is 5.92. The van der Waals surface area contributed by atoms with Gasteiger partial charge >= 0.3 is 5.97 Å². The number of nitrogens with one attached hydrogen (secondary N) is 2. The molecule has 2 aromatic rings. The van der Waals surface area contributed by atoms with Gasteiger partial charge in [-0.3, -0.25) is 24.5 Å². The summed E-state index contributed by atoms with van der Waals surface area (Å²) in [4.78, 5) is 65.9. The Morgan fingerprint density at radius 1 is 1.14 bits per heavy atom. The van der Waals surface area contributed by atoms with Crippen LogP contribution in [0.4, 0.5) is 11.4 Å². The van der Waals surface area contributed by atoms with Crippen molar-refractivity contribution >= 4 is 52.6 Å². The molecule has 4 N–H and O–H groups in total. The number of rotatable bonds is 5. The van der Waals surface area contributed by atoms with Crippen LogP contribution in [0.2, 0.25) is 5.02 Å². The molecule has 4 atom stereocenters. The molecular weight excluding hydrogens is 488 g/mol. The van der Waals surface area contributed by atoms with Gasteiger partial charge in [-0.05, 0) is 49.7 Å². The van der Waals surface area contributed by atoms with E-state index in [2.05, 4.69) is 10.6 Å². The number of nitrogens with zero attached hydrogens (tertiary/aromatic N) is 1. The Balaban J connectivity index is 1.61. The molecule has 5 rings (SSSR count). The number of halogens is 1. The van der Waals surface area contributed by atoms with E-state index in [1.54, 1.807) is 26.0 Å². The highest BCUT2D eigenvalue weighted by molar-refractivity contribution is 6.35. The number of carbonyl (C=O) groups is 5. The van der Waals surface area contributed by atoms with Gasteiger partial charge in [0.1, 0.15) is 5.54 Å². The first-order valence-corrected chi connectivity index (χ1v) is 11.8. The average molecular weight is 511 g/mol. The molecule has 2 fully saturated rings. The molecule has 0 saturated carbocycles. The van der Waals surface area contributed by atoms with E-state index in [9.17, 15) is 24.0 Å². The van der Waals surface area contributed by atoms with E-state index in [-0.39, 0.29) is 24.3 Å². The first-order valence-electron chi connectivity index (χ1n) is 11.4. The van der Waals surface area contributed by atoms with Crippen molar-refractivity contribution < 1.29 is 28.7 Å². The lowest BCUT2D eigenvalue weighted by molar-refractivity contribution is -0.130. The standard InChI is InChI=1S/C25H23ClN4O6/c1-3-36-23(34)12-4-6-13(7-5-12)30-21(32)18-16(10-17(27)31)29-25(19(18)22(30)33)14-8-11(2)9-15(26)20(14)28-24(25)35/h4-9,16,18-19,29H,3,10H2,1-2H3,(H2,27,31)(H,28,35)/t16-,18-,19+,25+/m1/s1. The summed E-state index contributed by atoms with van der Waals surface area (Å²) in [5.74, 6) is -5.08. The molecule has 1 spiro atoms. The lowest BCUT2D eigenvalue weighted by atomic mass is 9.76. The van der Waals surface area contributed by atoms with E-state index < -0.39 is 53.0 Å². The summed E-state index contributed by atoms with van der Waals surface area (Å²) in [5.41, 5.74) is 5.91. The molecular formula is C25H23ClN4O6. The summed E-state index contributed by atoms with van der Waals surface area (Å²) in [6.45, 7) is 3.69. The normalized spacial score (nSPS) is 26.2. The number of hydrogen-bond donors (Lipinski definition) is 3. The van der Waals surface area contributed by atoms with Crippen molar-refractivity contribution in [3.63, 3.8) is 0 Å². The summed E-state index contributed by atoms with van der Waals surface area (Å²) in [6.07, 6.45) is -0.250. The van der Waals surface area contributed by atoms with E-state index in [0.29, 0.717) is 16.3 Å². The van der Waals surface area contributed by atoms with Crippen molar-refractivity contribution in [3.05, 3.63) is 58.1 Å². The second kappa shape index (κ2) is 8.42. The SMILES string of the molecule is CCOC(=O)c1ccc(N2C(=O)[C@H]3[C@@H](C2=O)[C@]2(N[C@@H]3CC(N)=O)C(=O)Nc3c(Cl)cc(C)cc32)cc1. The second-order valence-corrected chi connectivity index (χ2v) is 9.54. The lowest BCUT2D eigenvalue weighted by Gasteiger charge is -2.29. The summed E-state index contributed by atoms with van der Waals surface area (Å²) in [7, 11) is 0. The van der Waals surface area contributed by atoms with E-state index >= 15 is 0 Å². The largest absolute Gasteiger partial charge is 0.462 e. The van der Waals surface area contributed by atoms with Gasteiger partial charge in [0.25, 0.3) is 0 Å². The zero-order chi connectivity index (χ0) is 25.9. The highest BCUT2D eigenvalue weighted by Gasteiger charge is 2.71. The minimum absolute atomic E-state index is 0.205. The van der Waals surface area contributed by atoms with Crippen molar-refractivity contribution in [2.75, 3.05) is 16.8 Å². The predicted octanol–water partition coefficient (Wildman–Crippen LogP) is 1.63. The molecule has 10 nitrogen and oxygen atoms in total. The van der Waals surface area contributed by atoms with Gasteiger partial charge in [0, 0.05) is 18.0 Å². The number of ether oxygens (including phenoxy) is 1. The zero-order valence-corrected chi connectivity index (χ0v) is 20.2. The molecule has 0 radical (unpaired) electrons. The van der Waals surface area contributed by atoms with Crippen molar-refractivity contribution in [2.45, 2.75) is 31.8 Å². The van der Waals surface area contributed by atoms with E-state index in [4.69, 9.17) is 22.1 Å². The Morgan fingerprint density at radius 3 is 2.47 bits per heavy atom. The van der Waals surface area contributed by atoms with Crippen LogP contribution >= 0.6 is 11.6 Å². The van der Waals surface area contributed by atoms with Gasteiger partial charge in [0.05, 0.1) is 40.4 Å². The molecule has 2 saturated heterocycles. The molecule has 3 aliphatic heterocycles. The molecule has 4 amide bonds. The van der Waals surface area contributed by atoms with Crippen LogP contribution in [0.25, 0.3) is 0 Å². The molecule has 3 heterocycles. The van der Waals surface area contributed by atoms with Crippen LogP contribution < -0.4 is 21.3 Å². The maximum atomic E-state index is 13.9. The number of esters is 1. The van der Waals surface area contributed by atoms with Gasteiger partial charge in [0.2, 0.25) is 23.6 Å². The smallest absolute Gasteiger partial charge is 0.338 e. The number of hydrogen-bond acceptors (Lipinski definition) is 7. The first kappa shape index (κ1) is 24.0. The number of imide groups is 1. The van der Waals surface area contributed by atoms with Gasteiger partial charge < -0.3 is 15.8 Å². The zero-order valence-electron chi connectivity index (χ0n) is 19.5. The Bertz CT molecular complexity index is 1340.